The van der Waals surface area contributed by atoms with Crippen LogP contribution in [0.3, 0.4) is 0 Å². The van der Waals surface area contributed by atoms with Crippen molar-refractivity contribution in [1.82, 2.24) is 10.2 Å². The van der Waals surface area contributed by atoms with Crippen LogP contribution >= 0.6 is 0 Å². The first-order valence-electron chi connectivity index (χ1n) is 7.65. The van der Waals surface area contributed by atoms with Crippen LogP contribution in [0.15, 0.2) is 42.6 Å². The first kappa shape index (κ1) is 12.7. The molecule has 1 aliphatic carbocycles. The van der Waals surface area contributed by atoms with Crippen LogP contribution in [-0.4, -0.2) is 23.2 Å². The number of H-pyrrole nitrogens is 1. The van der Waals surface area contributed by atoms with Crippen LogP contribution in [0, 0.1) is 0 Å². The Bertz CT molecular complexity index is 962. The Morgan fingerprint density at radius 3 is 3.04 bits per heavy atom. The second-order valence-electron chi connectivity index (χ2n) is 6.31. The van der Waals surface area contributed by atoms with Crippen molar-refractivity contribution in [2.45, 2.75) is 17.8 Å². The summed E-state index contributed by atoms with van der Waals surface area (Å²) in [5.74, 6) is 1.08. The number of methoxy groups -OCH3 is 1. The summed E-state index contributed by atoms with van der Waals surface area (Å²) in [7, 11) is 1.65. The number of anilines is 1. The van der Waals surface area contributed by atoms with Gasteiger partial charge in [-0.3, -0.25) is 9.89 Å². The fourth-order valence-electron chi connectivity index (χ4n) is 3.87. The van der Waals surface area contributed by atoms with Gasteiger partial charge in [-0.25, -0.2) is 0 Å². The summed E-state index contributed by atoms with van der Waals surface area (Å²) in [6.07, 6.45) is 2.64. The normalized spacial score (nSPS) is 24.7. The van der Waals surface area contributed by atoms with Gasteiger partial charge in [-0.15, -0.1) is 0 Å². The molecule has 2 aliphatic rings. The predicted octanol–water partition coefficient (Wildman–Crippen LogP) is 2.95. The van der Waals surface area contributed by atoms with Gasteiger partial charge >= 0.3 is 0 Å². The summed E-state index contributed by atoms with van der Waals surface area (Å²) in [4.78, 5) is 12.6. The molecule has 3 aromatic rings. The minimum atomic E-state index is -0.447. The molecule has 2 N–H and O–H groups in total. The largest absolute Gasteiger partial charge is 0.497 e. The average Bonchev–Trinajstić information content (AvgIpc) is 3.05. The monoisotopic (exact) mass is 305 g/mol. The Hall–Kier alpha value is -2.82. The summed E-state index contributed by atoms with van der Waals surface area (Å²) in [5, 5.41) is 11.2. The average molecular weight is 305 g/mol. The summed E-state index contributed by atoms with van der Waals surface area (Å²) < 4.78 is 5.33. The Labute approximate surface area is 132 Å². The maximum absolute atomic E-state index is 12.6. The van der Waals surface area contributed by atoms with Gasteiger partial charge in [0.05, 0.1) is 24.2 Å². The predicted molar refractivity (Wildman–Crippen MR) is 86.8 cm³/mol. The fraction of sp³-hybridized carbons (Fsp3) is 0.222. The van der Waals surface area contributed by atoms with Crippen molar-refractivity contribution in [2.75, 3.05) is 12.4 Å². The lowest BCUT2D eigenvalue weighted by atomic mass is 9.91. The highest BCUT2D eigenvalue weighted by Crippen LogP contribution is 2.65. The lowest BCUT2D eigenvalue weighted by Crippen LogP contribution is -2.21. The third kappa shape index (κ3) is 1.56. The zero-order valence-electron chi connectivity index (χ0n) is 12.6. The highest BCUT2D eigenvalue weighted by atomic mass is 16.5. The molecule has 1 fully saturated rings. The Morgan fingerprint density at radius 1 is 1.26 bits per heavy atom. The lowest BCUT2D eigenvalue weighted by molar-refractivity contribution is -0.118. The van der Waals surface area contributed by atoms with Gasteiger partial charge in [-0.1, -0.05) is 12.1 Å². The molecule has 5 rings (SSSR count). The van der Waals surface area contributed by atoms with Crippen molar-refractivity contribution in [3.8, 4) is 5.75 Å². The van der Waals surface area contributed by atoms with Gasteiger partial charge in [-0.2, -0.15) is 5.10 Å². The van der Waals surface area contributed by atoms with Crippen LogP contribution < -0.4 is 10.1 Å². The van der Waals surface area contributed by atoms with Crippen molar-refractivity contribution in [3.63, 3.8) is 0 Å². The van der Waals surface area contributed by atoms with E-state index in [2.05, 4.69) is 33.7 Å². The smallest absolute Gasteiger partial charge is 0.235 e. The van der Waals surface area contributed by atoms with Gasteiger partial charge in [0.15, 0.2) is 0 Å². The van der Waals surface area contributed by atoms with Gasteiger partial charge < -0.3 is 10.1 Å². The van der Waals surface area contributed by atoms with Crippen LogP contribution in [0.25, 0.3) is 10.9 Å². The molecule has 1 saturated carbocycles. The number of rotatable bonds is 2. The van der Waals surface area contributed by atoms with E-state index in [0.717, 1.165) is 34.3 Å². The Kier molecular flexibility index (Phi) is 2.28. The number of nitrogens with zero attached hydrogens (tertiary/aromatic N) is 1. The second-order valence-corrected chi connectivity index (χ2v) is 6.31. The van der Waals surface area contributed by atoms with Gasteiger partial charge in [0, 0.05) is 17.0 Å². The zero-order valence-corrected chi connectivity index (χ0v) is 12.6. The van der Waals surface area contributed by atoms with Crippen molar-refractivity contribution in [2.24, 2.45) is 0 Å². The summed E-state index contributed by atoms with van der Waals surface area (Å²) in [6.45, 7) is 0. The molecule has 1 unspecified atom stereocenters. The van der Waals surface area contributed by atoms with Crippen molar-refractivity contribution < 1.29 is 9.53 Å². The first-order valence-corrected chi connectivity index (χ1v) is 7.65. The first-order chi connectivity index (χ1) is 11.2. The molecule has 5 nitrogen and oxygen atoms in total. The second kappa shape index (κ2) is 4.13. The molecule has 23 heavy (non-hydrogen) atoms. The lowest BCUT2D eigenvalue weighted by Gasteiger charge is -2.10. The number of aromatic nitrogens is 2. The standard InChI is InChI=1S/C18H15N3O2/c1-23-12-4-5-15-13(7-12)18(17(22)20-15)8-14(18)10-2-3-11-9-19-21-16(11)6-10/h2-7,9,14H,8H2,1H3,(H,19,21)(H,20,22)/t14?,18-/m1/s1. The highest BCUT2D eigenvalue weighted by molar-refractivity contribution is 6.10. The molecule has 0 saturated heterocycles. The molecule has 5 heteroatoms. The molecule has 2 atom stereocenters. The van der Waals surface area contributed by atoms with Crippen molar-refractivity contribution >= 4 is 22.5 Å². The van der Waals surface area contributed by atoms with E-state index >= 15 is 0 Å². The minimum absolute atomic E-state index is 0.0930. The maximum atomic E-state index is 12.6. The van der Waals surface area contributed by atoms with Gasteiger partial charge in [0.2, 0.25) is 5.91 Å². The molecule has 1 aliphatic heterocycles. The summed E-state index contributed by atoms with van der Waals surface area (Å²) in [6, 6.07) is 12.1. The molecule has 1 spiro atoms. The number of benzene rings is 2. The summed E-state index contributed by atoms with van der Waals surface area (Å²) >= 11 is 0. The maximum Gasteiger partial charge on any atom is 0.235 e. The quantitative estimate of drug-likeness (QED) is 0.765. The SMILES string of the molecule is COc1ccc2c(c1)[C@@]1(CC1c1ccc3cn[nH]c3c1)C(=O)N2. The highest BCUT2D eigenvalue weighted by Gasteiger charge is 2.65. The molecular formula is C18H15N3O2. The molecule has 2 aromatic carbocycles. The zero-order chi connectivity index (χ0) is 15.6. The van der Waals surface area contributed by atoms with Crippen LogP contribution in [0.4, 0.5) is 5.69 Å². The van der Waals surface area contributed by atoms with Gasteiger partial charge in [0.25, 0.3) is 0 Å². The van der Waals surface area contributed by atoms with E-state index in [1.807, 2.05) is 24.4 Å². The molecule has 0 bridgehead atoms. The van der Waals surface area contributed by atoms with Crippen LogP contribution in [-0.2, 0) is 10.2 Å². The topological polar surface area (TPSA) is 67.0 Å². The number of carbonyl (C=O) groups is 1. The minimum Gasteiger partial charge on any atom is -0.497 e. The number of hydrogen-bond donors (Lipinski definition) is 2. The van der Waals surface area contributed by atoms with E-state index in [-0.39, 0.29) is 11.8 Å². The summed E-state index contributed by atoms with van der Waals surface area (Å²) in [5.41, 5.74) is 3.69. The van der Waals surface area contributed by atoms with E-state index < -0.39 is 5.41 Å². The molecule has 1 aromatic heterocycles. The van der Waals surface area contributed by atoms with E-state index in [9.17, 15) is 4.79 Å². The van der Waals surface area contributed by atoms with E-state index in [0.29, 0.717) is 0 Å². The molecule has 1 amide bonds. The van der Waals surface area contributed by atoms with Crippen molar-refractivity contribution in [3.05, 3.63) is 53.7 Å². The Morgan fingerprint density at radius 2 is 2.17 bits per heavy atom. The third-order valence-electron chi connectivity index (χ3n) is 5.19. The van der Waals surface area contributed by atoms with E-state index in [1.165, 1.54) is 5.56 Å². The number of ether oxygens (including phenoxy) is 1. The number of carbonyl (C=O) groups excluding carboxylic acids is 1. The fourth-order valence-corrected chi connectivity index (χ4v) is 3.87. The van der Waals surface area contributed by atoms with Gasteiger partial charge in [-0.05, 0) is 41.8 Å². The molecular weight excluding hydrogens is 290 g/mol. The third-order valence-corrected chi connectivity index (χ3v) is 5.19. The number of amides is 1. The van der Waals surface area contributed by atoms with E-state index in [4.69, 9.17) is 4.74 Å². The number of hydrogen-bond acceptors (Lipinski definition) is 3. The number of fused-ring (bicyclic) bond motifs is 3. The van der Waals surface area contributed by atoms with Gasteiger partial charge in [0.1, 0.15) is 5.75 Å². The molecule has 0 radical (unpaired) electrons. The Balaban J connectivity index is 1.61. The number of aromatic amines is 1. The van der Waals surface area contributed by atoms with Crippen LogP contribution in [0.2, 0.25) is 0 Å². The molecule has 2 heterocycles. The number of nitrogens with one attached hydrogen (secondary N) is 2. The van der Waals surface area contributed by atoms with Crippen LogP contribution in [0.5, 0.6) is 5.75 Å². The van der Waals surface area contributed by atoms with Crippen molar-refractivity contribution in [1.29, 1.82) is 0 Å². The molecule has 114 valence electrons. The van der Waals surface area contributed by atoms with E-state index in [1.54, 1.807) is 7.11 Å². The van der Waals surface area contributed by atoms with Crippen LogP contribution in [0.1, 0.15) is 23.5 Å².